The van der Waals surface area contributed by atoms with Crippen LogP contribution in [0.15, 0.2) is 0 Å². The fourth-order valence-electron chi connectivity index (χ4n) is 3.14. The molecular formula is C12H17NO. The Bertz CT molecular complexity index is 279. The van der Waals surface area contributed by atoms with E-state index in [1.165, 1.54) is 19.3 Å². The van der Waals surface area contributed by atoms with Crippen molar-refractivity contribution in [2.75, 3.05) is 0 Å². The van der Waals surface area contributed by atoms with E-state index in [0.717, 1.165) is 12.3 Å². The van der Waals surface area contributed by atoms with Gasteiger partial charge in [-0.25, -0.2) is 0 Å². The molecule has 2 saturated carbocycles. The molecule has 0 amide bonds. The third-order valence-electron chi connectivity index (χ3n) is 3.88. The molecule has 0 aliphatic heterocycles. The molecule has 2 rings (SSSR count). The van der Waals surface area contributed by atoms with E-state index in [1.54, 1.807) is 0 Å². The predicted molar refractivity (Wildman–Crippen MR) is 53.3 cm³/mol. The van der Waals surface area contributed by atoms with E-state index in [2.05, 4.69) is 6.07 Å². The largest absolute Gasteiger partial charge is 0.299 e. The highest BCUT2D eigenvalue weighted by atomic mass is 16.1. The summed E-state index contributed by atoms with van der Waals surface area (Å²) in [5.41, 5.74) is 0. The lowest BCUT2D eigenvalue weighted by Crippen LogP contribution is -2.22. The van der Waals surface area contributed by atoms with E-state index < -0.39 is 0 Å². The van der Waals surface area contributed by atoms with Gasteiger partial charge in [-0.15, -0.1) is 0 Å². The van der Waals surface area contributed by atoms with Gasteiger partial charge >= 0.3 is 0 Å². The standard InChI is InChI=1S/C12H17NO/c1-8(7-13)4-12(14)11-6-9-2-3-10(11)5-9/h8-11H,2-6H2,1H3. The molecule has 2 aliphatic rings. The van der Waals surface area contributed by atoms with Crippen LogP contribution < -0.4 is 0 Å². The lowest BCUT2D eigenvalue weighted by Gasteiger charge is -2.20. The number of hydrogen-bond donors (Lipinski definition) is 0. The van der Waals surface area contributed by atoms with Gasteiger partial charge in [-0.3, -0.25) is 4.79 Å². The van der Waals surface area contributed by atoms with Crippen molar-refractivity contribution in [1.29, 1.82) is 5.26 Å². The fraction of sp³-hybridized carbons (Fsp3) is 0.833. The molecule has 0 saturated heterocycles. The molecule has 0 aromatic heterocycles. The van der Waals surface area contributed by atoms with Gasteiger partial charge in [-0.2, -0.15) is 5.26 Å². The van der Waals surface area contributed by atoms with Crippen molar-refractivity contribution in [2.24, 2.45) is 23.7 Å². The van der Waals surface area contributed by atoms with Crippen LogP contribution in [0.1, 0.15) is 39.0 Å². The van der Waals surface area contributed by atoms with Crippen molar-refractivity contribution >= 4 is 5.78 Å². The molecule has 0 aromatic rings. The number of nitrogens with zero attached hydrogens (tertiary/aromatic N) is 1. The maximum Gasteiger partial charge on any atom is 0.137 e. The van der Waals surface area contributed by atoms with Crippen LogP contribution in [0.4, 0.5) is 0 Å². The molecule has 0 N–H and O–H groups in total. The summed E-state index contributed by atoms with van der Waals surface area (Å²) in [7, 11) is 0. The molecule has 0 spiro atoms. The first-order valence-corrected chi connectivity index (χ1v) is 5.63. The first kappa shape index (κ1) is 9.71. The van der Waals surface area contributed by atoms with Crippen molar-refractivity contribution in [3.05, 3.63) is 0 Å². The Balaban J connectivity index is 1.90. The number of ketones is 1. The minimum absolute atomic E-state index is 0.0957. The Morgan fingerprint density at radius 3 is 2.79 bits per heavy atom. The lowest BCUT2D eigenvalue weighted by molar-refractivity contribution is -0.124. The van der Waals surface area contributed by atoms with Crippen LogP contribution >= 0.6 is 0 Å². The lowest BCUT2D eigenvalue weighted by atomic mass is 9.83. The van der Waals surface area contributed by atoms with Crippen LogP contribution in [0.25, 0.3) is 0 Å². The van der Waals surface area contributed by atoms with Crippen molar-refractivity contribution < 1.29 is 4.79 Å². The van der Waals surface area contributed by atoms with Crippen molar-refractivity contribution in [2.45, 2.75) is 39.0 Å². The number of fused-ring (bicyclic) bond motifs is 2. The van der Waals surface area contributed by atoms with Gasteiger partial charge in [0, 0.05) is 12.3 Å². The number of carbonyl (C=O) groups is 1. The van der Waals surface area contributed by atoms with E-state index in [-0.39, 0.29) is 5.92 Å². The summed E-state index contributed by atoms with van der Waals surface area (Å²) in [4.78, 5) is 11.9. The highest BCUT2D eigenvalue weighted by Gasteiger charge is 2.42. The van der Waals surface area contributed by atoms with Gasteiger partial charge in [0.25, 0.3) is 0 Å². The molecular weight excluding hydrogens is 174 g/mol. The van der Waals surface area contributed by atoms with Gasteiger partial charge in [0.2, 0.25) is 0 Å². The monoisotopic (exact) mass is 191 g/mol. The summed E-state index contributed by atoms with van der Waals surface area (Å²) in [5, 5.41) is 8.66. The maximum absolute atomic E-state index is 11.9. The summed E-state index contributed by atoms with van der Waals surface area (Å²) in [6.45, 7) is 1.84. The summed E-state index contributed by atoms with van der Waals surface area (Å²) >= 11 is 0. The van der Waals surface area contributed by atoms with Crippen LogP contribution in [0, 0.1) is 35.0 Å². The van der Waals surface area contributed by atoms with Crippen molar-refractivity contribution in [1.82, 2.24) is 0 Å². The topological polar surface area (TPSA) is 40.9 Å². The highest BCUT2D eigenvalue weighted by Crippen LogP contribution is 2.49. The minimum Gasteiger partial charge on any atom is -0.299 e. The van der Waals surface area contributed by atoms with Crippen LogP contribution in [-0.4, -0.2) is 5.78 Å². The number of hydrogen-bond acceptors (Lipinski definition) is 2. The first-order chi connectivity index (χ1) is 6.70. The molecule has 76 valence electrons. The Hall–Kier alpha value is -0.840. The Morgan fingerprint density at radius 1 is 1.50 bits per heavy atom. The quantitative estimate of drug-likeness (QED) is 0.687. The van der Waals surface area contributed by atoms with Gasteiger partial charge in [-0.1, -0.05) is 6.42 Å². The Kier molecular flexibility index (Phi) is 2.58. The predicted octanol–water partition coefficient (Wildman–Crippen LogP) is 2.54. The van der Waals surface area contributed by atoms with E-state index in [4.69, 9.17) is 5.26 Å². The zero-order chi connectivity index (χ0) is 10.1. The second kappa shape index (κ2) is 3.73. The van der Waals surface area contributed by atoms with Crippen LogP contribution in [0.3, 0.4) is 0 Å². The summed E-state index contributed by atoms with van der Waals surface area (Å²) in [6.07, 6.45) is 5.45. The fourth-order valence-corrected chi connectivity index (χ4v) is 3.14. The first-order valence-electron chi connectivity index (χ1n) is 5.63. The van der Waals surface area contributed by atoms with E-state index in [9.17, 15) is 4.79 Å². The highest BCUT2D eigenvalue weighted by molar-refractivity contribution is 5.82. The van der Waals surface area contributed by atoms with E-state index in [1.807, 2.05) is 6.92 Å². The smallest absolute Gasteiger partial charge is 0.137 e. The second-order valence-corrected chi connectivity index (χ2v) is 4.98. The third kappa shape index (κ3) is 1.68. The van der Waals surface area contributed by atoms with Gasteiger partial charge < -0.3 is 0 Å². The van der Waals surface area contributed by atoms with E-state index in [0.29, 0.717) is 24.0 Å². The van der Waals surface area contributed by atoms with Crippen LogP contribution in [0.5, 0.6) is 0 Å². The molecule has 0 heterocycles. The summed E-state index contributed by atoms with van der Waals surface area (Å²) in [6, 6.07) is 2.14. The van der Waals surface area contributed by atoms with Crippen LogP contribution in [-0.2, 0) is 4.79 Å². The summed E-state index contributed by atoms with van der Waals surface area (Å²) in [5.74, 6) is 2.06. The van der Waals surface area contributed by atoms with Gasteiger partial charge in [0.1, 0.15) is 5.78 Å². The molecule has 0 radical (unpaired) electrons. The number of Topliss-reactive ketones (excluding diaryl/α,β-unsaturated/α-hetero) is 1. The SMILES string of the molecule is CC(C#N)CC(=O)C1CC2CCC1C2. The van der Waals surface area contributed by atoms with Crippen molar-refractivity contribution in [3.8, 4) is 6.07 Å². The van der Waals surface area contributed by atoms with Crippen LogP contribution in [0.2, 0.25) is 0 Å². The molecule has 2 fully saturated rings. The Morgan fingerprint density at radius 2 is 2.29 bits per heavy atom. The molecule has 14 heavy (non-hydrogen) atoms. The number of rotatable bonds is 3. The molecule has 0 aromatic carbocycles. The third-order valence-corrected chi connectivity index (χ3v) is 3.88. The number of carbonyl (C=O) groups excluding carboxylic acids is 1. The average Bonchev–Trinajstić information content (AvgIpc) is 2.78. The molecule has 2 nitrogen and oxygen atoms in total. The average molecular weight is 191 g/mol. The van der Waals surface area contributed by atoms with E-state index >= 15 is 0 Å². The van der Waals surface area contributed by atoms with Crippen molar-refractivity contribution in [3.63, 3.8) is 0 Å². The number of nitriles is 1. The molecule has 4 atom stereocenters. The second-order valence-electron chi connectivity index (χ2n) is 4.98. The molecule has 2 heteroatoms. The molecule has 4 unspecified atom stereocenters. The minimum atomic E-state index is -0.0957. The van der Waals surface area contributed by atoms with Gasteiger partial charge in [-0.05, 0) is 38.0 Å². The summed E-state index contributed by atoms with van der Waals surface area (Å²) < 4.78 is 0. The zero-order valence-electron chi connectivity index (χ0n) is 8.70. The molecule has 2 aliphatic carbocycles. The van der Waals surface area contributed by atoms with Gasteiger partial charge in [0.05, 0.1) is 12.0 Å². The zero-order valence-corrected chi connectivity index (χ0v) is 8.70. The maximum atomic E-state index is 11.9. The Labute approximate surface area is 85.3 Å². The molecule has 2 bridgehead atoms. The van der Waals surface area contributed by atoms with Gasteiger partial charge in [0.15, 0.2) is 0 Å². The normalized spacial score (nSPS) is 36.7.